The van der Waals surface area contributed by atoms with Crippen molar-refractivity contribution in [1.82, 2.24) is 10.3 Å². The summed E-state index contributed by atoms with van der Waals surface area (Å²) in [6.45, 7) is 5.39. The Morgan fingerprint density at radius 1 is 1.62 bits per heavy atom. The van der Waals surface area contributed by atoms with Gasteiger partial charge in [-0.25, -0.2) is 4.98 Å². The van der Waals surface area contributed by atoms with Crippen molar-refractivity contribution in [3.63, 3.8) is 0 Å². The molecule has 1 saturated carbocycles. The van der Waals surface area contributed by atoms with Crippen LogP contribution >= 0.6 is 11.3 Å². The molecule has 3 heteroatoms. The molecule has 0 atom stereocenters. The molecule has 0 spiro atoms. The van der Waals surface area contributed by atoms with Gasteiger partial charge in [0.15, 0.2) is 0 Å². The molecule has 1 fully saturated rings. The van der Waals surface area contributed by atoms with Crippen LogP contribution in [0.3, 0.4) is 0 Å². The zero-order valence-electron chi connectivity index (χ0n) is 8.21. The highest BCUT2D eigenvalue weighted by atomic mass is 32.1. The molecule has 0 unspecified atom stereocenters. The van der Waals surface area contributed by atoms with Crippen molar-refractivity contribution in [2.75, 3.05) is 0 Å². The molecule has 2 rings (SSSR count). The van der Waals surface area contributed by atoms with E-state index in [0.717, 1.165) is 12.6 Å². The first-order chi connectivity index (χ1) is 6.25. The van der Waals surface area contributed by atoms with Gasteiger partial charge in [-0.15, -0.1) is 11.3 Å². The lowest BCUT2D eigenvalue weighted by atomic mass is 10.2. The van der Waals surface area contributed by atoms with E-state index in [-0.39, 0.29) is 0 Å². The summed E-state index contributed by atoms with van der Waals surface area (Å²) >= 11 is 1.84. The SMILES string of the molecule is CC(C)c1ncc(CNC2CC2)s1. The molecule has 1 N–H and O–H groups in total. The first-order valence-corrected chi connectivity index (χ1v) is 5.75. The maximum Gasteiger partial charge on any atom is 0.0953 e. The number of thiazole rings is 1. The molecule has 0 saturated heterocycles. The normalized spacial score (nSPS) is 16.8. The fourth-order valence-electron chi connectivity index (χ4n) is 1.20. The Hall–Kier alpha value is -0.410. The van der Waals surface area contributed by atoms with E-state index in [2.05, 4.69) is 24.1 Å². The van der Waals surface area contributed by atoms with Gasteiger partial charge in [0.05, 0.1) is 5.01 Å². The number of hydrogen-bond donors (Lipinski definition) is 1. The van der Waals surface area contributed by atoms with Gasteiger partial charge >= 0.3 is 0 Å². The van der Waals surface area contributed by atoms with Gasteiger partial charge < -0.3 is 5.32 Å². The van der Waals surface area contributed by atoms with Gasteiger partial charge in [0.1, 0.15) is 0 Å². The van der Waals surface area contributed by atoms with Gasteiger partial charge in [0.2, 0.25) is 0 Å². The van der Waals surface area contributed by atoms with Crippen LogP contribution in [0.4, 0.5) is 0 Å². The topological polar surface area (TPSA) is 24.9 Å². The number of rotatable bonds is 4. The first kappa shape index (κ1) is 9.16. The van der Waals surface area contributed by atoms with Crippen molar-refractivity contribution in [1.29, 1.82) is 0 Å². The summed E-state index contributed by atoms with van der Waals surface area (Å²) in [5.74, 6) is 0.569. The van der Waals surface area contributed by atoms with E-state index < -0.39 is 0 Å². The van der Waals surface area contributed by atoms with E-state index in [4.69, 9.17) is 0 Å². The van der Waals surface area contributed by atoms with Crippen LogP contribution < -0.4 is 5.32 Å². The van der Waals surface area contributed by atoms with Crippen LogP contribution in [0.2, 0.25) is 0 Å². The van der Waals surface area contributed by atoms with Crippen molar-refractivity contribution in [2.45, 2.75) is 45.2 Å². The summed E-state index contributed by atoms with van der Waals surface area (Å²) in [6, 6.07) is 0.796. The summed E-state index contributed by atoms with van der Waals surface area (Å²) in [7, 11) is 0. The minimum absolute atomic E-state index is 0.569. The van der Waals surface area contributed by atoms with Crippen LogP contribution in [0, 0.1) is 0 Å². The molecule has 0 radical (unpaired) electrons. The lowest BCUT2D eigenvalue weighted by Gasteiger charge is -1.98. The quantitative estimate of drug-likeness (QED) is 0.800. The molecular weight excluding hydrogens is 180 g/mol. The average molecular weight is 196 g/mol. The Labute approximate surface area is 83.4 Å². The molecule has 1 aliphatic rings. The van der Waals surface area contributed by atoms with Crippen LogP contribution in [0.5, 0.6) is 0 Å². The van der Waals surface area contributed by atoms with E-state index >= 15 is 0 Å². The van der Waals surface area contributed by atoms with Gasteiger partial charge in [-0.05, 0) is 12.8 Å². The monoisotopic (exact) mass is 196 g/mol. The van der Waals surface area contributed by atoms with Gasteiger partial charge in [0.25, 0.3) is 0 Å². The maximum atomic E-state index is 4.39. The molecule has 0 aromatic carbocycles. The number of nitrogens with one attached hydrogen (secondary N) is 1. The van der Waals surface area contributed by atoms with E-state index in [1.54, 1.807) is 0 Å². The van der Waals surface area contributed by atoms with Crippen LogP contribution in [-0.4, -0.2) is 11.0 Å². The summed E-state index contributed by atoms with van der Waals surface area (Å²) < 4.78 is 0. The third kappa shape index (κ3) is 2.51. The summed E-state index contributed by atoms with van der Waals surface area (Å²) in [5, 5.41) is 4.75. The molecular formula is C10H16N2S. The first-order valence-electron chi connectivity index (χ1n) is 4.93. The van der Waals surface area contributed by atoms with Crippen LogP contribution in [-0.2, 0) is 6.54 Å². The van der Waals surface area contributed by atoms with Crippen LogP contribution in [0.15, 0.2) is 6.20 Å². The van der Waals surface area contributed by atoms with Crippen molar-refractivity contribution in [3.05, 3.63) is 16.1 Å². The molecule has 72 valence electrons. The Morgan fingerprint density at radius 2 is 2.38 bits per heavy atom. The van der Waals surface area contributed by atoms with Crippen LogP contribution in [0.1, 0.15) is 42.5 Å². The second-order valence-electron chi connectivity index (χ2n) is 3.97. The number of aromatic nitrogens is 1. The fourth-order valence-corrected chi connectivity index (χ4v) is 2.07. The lowest BCUT2D eigenvalue weighted by Crippen LogP contribution is -2.14. The van der Waals surface area contributed by atoms with Crippen LogP contribution in [0.25, 0.3) is 0 Å². The minimum Gasteiger partial charge on any atom is -0.309 e. The highest BCUT2D eigenvalue weighted by Gasteiger charge is 2.20. The molecule has 13 heavy (non-hydrogen) atoms. The highest BCUT2D eigenvalue weighted by Crippen LogP contribution is 2.23. The van der Waals surface area contributed by atoms with Gasteiger partial charge in [0, 0.05) is 29.6 Å². The predicted octanol–water partition coefficient (Wildman–Crippen LogP) is 2.52. The second-order valence-corrected chi connectivity index (χ2v) is 5.12. The van der Waals surface area contributed by atoms with Crippen molar-refractivity contribution in [3.8, 4) is 0 Å². The Kier molecular flexibility index (Phi) is 2.65. The molecule has 0 aliphatic heterocycles. The fraction of sp³-hybridized carbons (Fsp3) is 0.700. The van der Waals surface area contributed by atoms with Gasteiger partial charge in [-0.1, -0.05) is 13.8 Å². The maximum absolute atomic E-state index is 4.39. The molecule has 1 heterocycles. The molecule has 1 aromatic heterocycles. The molecule has 2 nitrogen and oxygen atoms in total. The molecule has 0 amide bonds. The molecule has 0 bridgehead atoms. The zero-order chi connectivity index (χ0) is 9.26. The smallest absolute Gasteiger partial charge is 0.0953 e. The van der Waals surface area contributed by atoms with Crippen molar-refractivity contribution < 1.29 is 0 Å². The zero-order valence-corrected chi connectivity index (χ0v) is 9.03. The summed E-state index contributed by atoms with van der Waals surface area (Å²) in [5.41, 5.74) is 0. The molecule has 1 aliphatic carbocycles. The highest BCUT2D eigenvalue weighted by molar-refractivity contribution is 7.11. The van der Waals surface area contributed by atoms with E-state index in [0.29, 0.717) is 5.92 Å². The third-order valence-corrected chi connectivity index (χ3v) is 3.51. The van der Waals surface area contributed by atoms with Gasteiger partial charge in [-0.2, -0.15) is 0 Å². The summed E-state index contributed by atoms with van der Waals surface area (Å²) in [6.07, 6.45) is 4.72. The predicted molar refractivity (Wildman–Crippen MR) is 56.1 cm³/mol. The third-order valence-electron chi connectivity index (χ3n) is 2.21. The second kappa shape index (κ2) is 3.76. The minimum atomic E-state index is 0.569. The lowest BCUT2D eigenvalue weighted by molar-refractivity contribution is 0.694. The number of hydrogen-bond acceptors (Lipinski definition) is 3. The molecule has 1 aromatic rings. The Balaban J connectivity index is 1.88. The Bertz CT molecular complexity index is 276. The average Bonchev–Trinajstić information content (AvgIpc) is 2.79. The van der Waals surface area contributed by atoms with E-state index in [9.17, 15) is 0 Å². The van der Waals surface area contributed by atoms with Crippen molar-refractivity contribution >= 4 is 11.3 Å². The van der Waals surface area contributed by atoms with Crippen molar-refractivity contribution in [2.24, 2.45) is 0 Å². The van der Waals surface area contributed by atoms with Gasteiger partial charge in [-0.3, -0.25) is 0 Å². The van der Waals surface area contributed by atoms with E-state index in [1.165, 1.54) is 22.7 Å². The Morgan fingerprint density at radius 3 is 2.92 bits per heavy atom. The standard InChI is InChI=1S/C10H16N2S/c1-7(2)10-12-6-9(13-10)5-11-8-3-4-8/h6-8,11H,3-5H2,1-2H3. The van der Waals surface area contributed by atoms with E-state index in [1.807, 2.05) is 17.5 Å². The summed E-state index contributed by atoms with van der Waals surface area (Å²) in [4.78, 5) is 5.76. The number of nitrogens with zero attached hydrogens (tertiary/aromatic N) is 1. The largest absolute Gasteiger partial charge is 0.309 e.